The molecule has 0 unspecified atom stereocenters. The summed E-state index contributed by atoms with van der Waals surface area (Å²) in [4.78, 5) is 16.9. The molecule has 0 radical (unpaired) electrons. The molecule has 0 atom stereocenters. The molecule has 9 heteroatoms. The van der Waals surface area contributed by atoms with Gasteiger partial charge in [0, 0.05) is 24.8 Å². The van der Waals surface area contributed by atoms with E-state index in [-0.39, 0.29) is 16.4 Å². The Bertz CT molecular complexity index is 955. The van der Waals surface area contributed by atoms with E-state index in [1.54, 1.807) is 30.3 Å². The monoisotopic (exact) mass is 436 g/mol. The maximum atomic E-state index is 12.7. The number of piperidine rings is 1. The normalized spacial score (nSPS) is 15.1. The van der Waals surface area contributed by atoms with E-state index in [4.69, 9.17) is 9.47 Å². The number of nitrogens with zero attached hydrogens (tertiary/aromatic N) is 2. The van der Waals surface area contributed by atoms with E-state index in [9.17, 15) is 13.2 Å². The maximum absolute atomic E-state index is 12.7. The fourth-order valence-corrected chi connectivity index (χ4v) is 5.29. The molecule has 2 aromatic rings. The molecule has 0 spiro atoms. The van der Waals surface area contributed by atoms with Crippen LogP contribution in [-0.4, -0.2) is 56.6 Å². The Kier molecular flexibility index (Phi) is 7.15. The van der Waals surface area contributed by atoms with Crippen LogP contribution in [0.25, 0.3) is 0 Å². The number of carbonyl (C=O) groups excluding carboxylic acids is 1. The van der Waals surface area contributed by atoms with Gasteiger partial charge >= 0.3 is 0 Å². The van der Waals surface area contributed by atoms with Crippen LogP contribution >= 0.6 is 11.8 Å². The minimum atomic E-state index is -3.50. The zero-order chi connectivity index (χ0) is 20.9. The van der Waals surface area contributed by atoms with Crippen LogP contribution in [0, 0.1) is 0 Å². The SMILES string of the molecule is COc1ccc(C(=O)CSc2ccc(S(=O)(=O)N3CCCCC3)cn2)cc1OC. The number of hydrogen-bond donors (Lipinski definition) is 0. The van der Waals surface area contributed by atoms with Crippen LogP contribution in [0.2, 0.25) is 0 Å². The number of benzene rings is 1. The lowest BCUT2D eigenvalue weighted by Crippen LogP contribution is -2.35. The largest absolute Gasteiger partial charge is 0.493 e. The van der Waals surface area contributed by atoms with Gasteiger partial charge in [0.15, 0.2) is 17.3 Å². The Balaban J connectivity index is 1.63. The molecule has 2 heterocycles. The minimum Gasteiger partial charge on any atom is -0.493 e. The molecule has 0 saturated carbocycles. The lowest BCUT2D eigenvalue weighted by molar-refractivity contribution is 0.102. The third-order valence-electron chi connectivity index (χ3n) is 4.72. The second kappa shape index (κ2) is 9.60. The van der Waals surface area contributed by atoms with Crippen molar-refractivity contribution in [1.82, 2.24) is 9.29 Å². The van der Waals surface area contributed by atoms with E-state index in [0.29, 0.717) is 35.2 Å². The summed E-state index contributed by atoms with van der Waals surface area (Å²) in [5.74, 6) is 1.15. The molecule has 0 amide bonds. The molecule has 1 aliphatic rings. The highest BCUT2D eigenvalue weighted by atomic mass is 32.2. The molecule has 0 bridgehead atoms. The number of aromatic nitrogens is 1. The van der Waals surface area contributed by atoms with Crippen molar-refractivity contribution in [2.24, 2.45) is 0 Å². The first-order chi connectivity index (χ1) is 14.0. The number of ketones is 1. The molecule has 1 saturated heterocycles. The number of hydrogen-bond acceptors (Lipinski definition) is 7. The van der Waals surface area contributed by atoms with E-state index in [1.807, 2.05) is 0 Å². The quantitative estimate of drug-likeness (QED) is 0.464. The summed E-state index contributed by atoms with van der Waals surface area (Å²) in [7, 11) is -0.443. The molecule has 1 aromatic heterocycles. The lowest BCUT2D eigenvalue weighted by Gasteiger charge is -2.25. The lowest BCUT2D eigenvalue weighted by atomic mass is 10.1. The third-order valence-corrected chi connectivity index (χ3v) is 7.54. The molecule has 156 valence electrons. The fraction of sp³-hybridized carbons (Fsp3) is 0.400. The van der Waals surface area contributed by atoms with Crippen LogP contribution in [0.4, 0.5) is 0 Å². The first-order valence-electron chi connectivity index (χ1n) is 9.30. The van der Waals surface area contributed by atoms with Crippen molar-refractivity contribution in [3.8, 4) is 11.5 Å². The van der Waals surface area contributed by atoms with E-state index in [1.165, 1.54) is 36.5 Å². The molecular weight excluding hydrogens is 412 g/mol. The predicted molar refractivity (Wildman–Crippen MR) is 111 cm³/mol. The first kappa shape index (κ1) is 21.6. The Morgan fingerprint density at radius 2 is 1.79 bits per heavy atom. The van der Waals surface area contributed by atoms with Gasteiger partial charge in [-0.15, -0.1) is 0 Å². The minimum absolute atomic E-state index is 0.0808. The molecule has 1 aliphatic heterocycles. The van der Waals surface area contributed by atoms with Gasteiger partial charge in [0.2, 0.25) is 10.0 Å². The number of carbonyl (C=O) groups is 1. The van der Waals surface area contributed by atoms with Gasteiger partial charge in [-0.1, -0.05) is 18.2 Å². The van der Waals surface area contributed by atoms with Gasteiger partial charge in [0.25, 0.3) is 0 Å². The average molecular weight is 437 g/mol. The van der Waals surface area contributed by atoms with Gasteiger partial charge in [-0.05, 0) is 43.2 Å². The Labute approximate surface area is 175 Å². The number of rotatable bonds is 8. The molecular formula is C20H24N2O5S2. The highest BCUT2D eigenvalue weighted by molar-refractivity contribution is 7.99. The summed E-state index contributed by atoms with van der Waals surface area (Å²) in [6.45, 7) is 1.11. The van der Waals surface area contributed by atoms with Crippen molar-refractivity contribution in [3.63, 3.8) is 0 Å². The van der Waals surface area contributed by atoms with E-state index >= 15 is 0 Å². The van der Waals surface area contributed by atoms with Crippen LogP contribution in [0.15, 0.2) is 46.5 Å². The summed E-state index contributed by atoms with van der Waals surface area (Å²) >= 11 is 1.26. The number of pyridine rings is 1. The molecule has 0 N–H and O–H groups in total. The van der Waals surface area contributed by atoms with Crippen molar-refractivity contribution in [3.05, 3.63) is 42.1 Å². The van der Waals surface area contributed by atoms with Gasteiger partial charge in [-0.3, -0.25) is 4.79 Å². The number of Topliss-reactive ketones (excluding diaryl/α,β-unsaturated/α-hetero) is 1. The van der Waals surface area contributed by atoms with Crippen molar-refractivity contribution in [1.29, 1.82) is 0 Å². The Hall–Kier alpha value is -2.10. The van der Waals surface area contributed by atoms with Crippen LogP contribution in [0.3, 0.4) is 0 Å². The average Bonchev–Trinajstić information content (AvgIpc) is 2.77. The smallest absolute Gasteiger partial charge is 0.244 e. The topological polar surface area (TPSA) is 85.8 Å². The predicted octanol–water partition coefficient (Wildman–Crippen LogP) is 3.25. The zero-order valence-corrected chi connectivity index (χ0v) is 18.1. The summed E-state index contributed by atoms with van der Waals surface area (Å²) in [6.07, 6.45) is 4.21. The van der Waals surface area contributed by atoms with Gasteiger partial charge < -0.3 is 9.47 Å². The summed E-state index contributed by atoms with van der Waals surface area (Å²) in [5.41, 5.74) is 0.513. The zero-order valence-electron chi connectivity index (χ0n) is 16.5. The molecule has 1 fully saturated rings. The second-order valence-electron chi connectivity index (χ2n) is 6.58. The van der Waals surface area contributed by atoms with Crippen molar-refractivity contribution >= 4 is 27.6 Å². The third kappa shape index (κ3) is 5.09. The molecule has 1 aromatic carbocycles. The number of ether oxygens (including phenoxy) is 2. The van der Waals surface area contributed by atoms with Gasteiger partial charge in [0.05, 0.1) is 25.0 Å². The van der Waals surface area contributed by atoms with Crippen molar-refractivity contribution in [2.75, 3.05) is 33.1 Å². The Morgan fingerprint density at radius 3 is 2.41 bits per heavy atom. The highest BCUT2D eigenvalue weighted by Crippen LogP contribution is 2.29. The van der Waals surface area contributed by atoms with Crippen LogP contribution < -0.4 is 9.47 Å². The van der Waals surface area contributed by atoms with Gasteiger partial charge in [0.1, 0.15) is 4.90 Å². The number of sulfonamides is 1. The summed E-state index contributed by atoms with van der Waals surface area (Å²) in [5, 5.41) is 0.594. The summed E-state index contributed by atoms with van der Waals surface area (Å²) in [6, 6.07) is 8.22. The molecule has 29 heavy (non-hydrogen) atoms. The standard InChI is InChI=1S/C20H24N2O5S2/c1-26-18-8-6-15(12-19(18)27-2)17(23)14-28-20-9-7-16(13-21-20)29(24,25)22-10-4-3-5-11-22/h6-9,12-13H,3-5,10-11,14H2,1-2H3. The number of thioether (sulfide) groups is 1. The van der Waals surface area contributed by atoms with Gasteiger partial charge in [-0.2, -0.15) is 4.31 Å². The van der Waals surface area contributed by atoms with Gasteiger partial charge in [-0.25, -0.2) is 13.4 Å². The highest BCUT2D eigenvalue weighted by Gasteiger charge is 2.26. The molecule has 3 rings (SSSR count). The molecule has 7 nitrogen and oxygen atoms in total. The fourth-order valence-electron chi connectivity index (χ4n) is 3.09. The summed E-state index contributed by atoms with van der Waals surface area (Å²) < 4.78 is 37.3. The number of methoxy groups -OCH3 is 2. The Morgan fingerprint density at radius 1 is 1.07 bits per heavy atom. The van der Waals surface area contributed by atoms with Crippen LogP contribution in [0.5, 0.6) is 11.5 Å². The second-order valence-corrected chi connectivity index (χ2v) is 9.51. The van der Waals surface area contributed by atoms with Crippen LogP contribution in [-0.2, 0) is 10.0 Å². The van der Waals surface area contributed by atoms with Crippen molar-refractivity contribution in [2.45, 2.75) is 29.2 Å². The van der Waals surface area contributed by atoms with E-state index in [2.05, 4.69) is 4.98 Å². The van der Waals surface area contributed by atoms with Crippen molar-refractivity contribution < 1.29 is 22.7 Å². The van der Waals surface area contributed by atoms with Crippen LogP contribution in [0.1, 0.15) is 29.6 Å². The maximum Gasteiger partial charge on any atom is 0.244 e. The molecule has 0 aliphatic carbocycles. The first-order valence-corrected chi connectivity index (χ1v) is 11.7. The van der Waals surface area contributed by atoms with E-state index < -0.39 is 10.0 Å². The van der Waals surface area contributed by atoms with E-state index in [0.717, 1.165) is 19.3 Å².